The molecule has 1 amide bonds. The van der Waals surface area contributed by atoms with E-state index in [4.69, 9.17) is 0 Å². The Kier molecular flexibility index (Phi) is 8.45. The summed E-state index contributed by atoms with van der Waals surface area (Å²) in [7, 11) is 0. The minimum atomic E-state index is -4.78. The van der Waals surface area contributed by atoms with Gasteiger partial charge in [0.25, 0.3) is 5.91 Å². The van der Waals surface area contributed by atoms with Crippen LogP contribution in [0.25, 0.3) is 28.2 Å². The van der Waals surface area contributed by atoms with Gasteiger partial charge in [0.1, 0.15) is 23.7 Å². The lowest BCUT2D eigenvalue weighted by Gasteiger charge is -2.13. The number of ether oxygens (including phenoxy) is 1. The number of nitriles is 1. The molecular formula is C31H21F3N6O2S. The van der Waals surface area contributed by atoms with Gasteiger partial charge in [-0.25, -0.2) is 9.67 Å². The number of thiol groups is 1. The number of aromatic nitrogens is 3. The molecule has 0 aliphatic heterocycles. The predicted octanol–water partition coefficient (Wildman–Crippen LogP) is 7.22. The van der Waals surface area contributed by atoms with Crippen molar-refractivity contribution >= 4 is 29.9 Å². The summed E-state index contributed by atoms with van der Waals surface area (Å²) < 4.78 is 42.5. The molecule has 1 aromatic heterocycles. The number of nitrogens with one attached hydrogen (secondary N) is 2. The highest BCUT2D eigenvalue weighted by Gasteiger charge is 2.31. The van der Waals surface area contributed by atoms with Crippen molar-refractivity contribution in [3.05, 3.63) is 120 Å². The summed E-state index contributed by atoms with van der Waals surface area (Å²) in [6.45, 7) is 0. The van der Waals surface area contributed by atoms with Gasteiger partial charge in [-0.3, -0.25) is 4.79 Å². The average Bonchev–Trinajstić information content (AvgIpc) is 3.49. The Hall–Kier alpha value is -5.54. The van der Waals surface area contributed by atoms with Gasteiger partial charge >= 0.3 is 6.36 Å². The first-order valence-corrected chi connectivity index (χ1v) is 13.1. The van der Waals surface area contributed by atoms with E-state index >= 15 is 0 Å². The van der Waals surface area contributed by atoms with Crippen molar-refractivity contribution in [3.63, 3.8) is 0 Å². The van der Waals surface area contributed by atoms with E-state index in [2.05, 4.69) is 38.1 Å². The van der Waals surface area contributed by atoms with Gasteiger partial charge in [-0.15, -0.1) is 30.9 Å². The maximum absolute atomic E-state index is 13.0. The van der Waals surface area contributed by atoms with E-state index in [9.17, 15) is 23.2 Å². The number of halogens is 3. The highest BCUT2D eigenvalue weighted by atomic mass is 32.1. The fourth-order valence-corrected chi connectivity index (χ4v) is 4.35. The van der Waals surface area contributed by atoms with E-state index in [0.29, 0.717) is 28.5 Å². The maximum Gasteiger partial charge on any atom is 0.573 e. The van der Waals surface area contributed by atoms with Crippen molar-refractivity contribution in [1.29, 1.82) is 5.26 Å². The largest absolute Gasteiger partial charge is 0.573 e. The van der Waals surface area contributed by atoms with Gasteiger partial charge in [0.2, 0.25) is 0 Å². The van der Waals surface area contributed by atoms with Crippen molar-refractivity contribution in [1.82, 2.24) is 14.8 Å². The van der Waals surface area contributed by atoms with E-state index in [1.807, 2.05) is 60.7 Å². The van der Waals surface area contributed by atoms with Crippen LogP contribution in [-0.2, 0) is 4.79 Å². The minimum Gasteiger partial charge on any atom is -0.406 e. The predicted molar refractivity (Wildman–Crippen MR) is 159 cm³/mol. The van der Waals surface area contributed by atoms with Gasteiger partial charge in [-0.2, -0.15) is 5.26 Å². The zero-order valence-corrected chi connectivity index (χ0v) is 23.0. The van der Waals surface area contributed by atoms with Crippen LogP contribution in [0.4, 0.5) is 24.5 Å². The van der Waals surface area contributed by atoms with Crippen molar-refractivity contribution < 1.29 is 22.7 Å². The molecule has 0 spiro atoms. The molecule has 2 N–H and O–H groups in total. The molecule has 0 unspecified atom stereocenters. The van der Waals surface area contributed by atoms with Crippen LogP contribution in [-0.4, -0.2) is 27.0 Å². The van der Waals surface area contributed by atoms with Gasteiger partial charge in [-0.1, -0.05) is 48.5 Å². The van der Waals surface area contributed by atoms with Crippen LogP contribution >= 0.6 is 12.6 Å². The standard InChI is InChI=1S/C31H21F3N6O2S/c32-31(33,34)42-24-16-14-23(15-17-24)40-19-36-28(39-40)21-10-12-22(13-11-21)37-29(41)26(18-35)30(43)38-27-9-5-4-8-25(27)20-6-2-1-3-7-20/h1-17,19,38,43H,(H,37,41)/b30-26-. The number of rotatable bonds is 8. The van der Waals surface area contributed by atoms with E-state index in [-0.39, 0.29) is 16.4 Å². The summed E-state index contributed by atoms with van der Waals surface area (Å²) in [4.78, 5) is 17.2. The van der Waals surface area contributed by atoms with E-state index < -0.39 is 12.3 Å². The molecule has 5 rings (SSSR count). The number of para-hydroxylation sites is 1. The number of nitrogens with zero attached hydrogens (tertiary/aromatic N) is 4. The summed E-state index contributed by atoms with van der Waals surface area (Å²) >= 11 is 4.41. The first kappa shape index (κ1) is 29.0. The third-order valence-corrected chi connectivity index (χ3v) is 6.40. The monoisotopic (exact) mass is 598 g/mol. The van der Waals surface area contributed by atoms with Gasteiger partial charge in [0.05, 0.1) is 10.7 Å². The number of benzene rings is 4. The average molecular weight is 599 g/mol. The van der Waals surface area contributed by atoms with Crippen molar-refractivity contribution in [3.8, 4) is 40.0 Å². The number of hydrogen-bond donors (Lipinski definition) is 3. The minimum absolute atomic E-state index is 0.0905. The normalized spacial score (nSPS) is 11.7. The van der Waals surface area contributed by atoms with Crippen LogP contribution in [0.3, 0.4) is 0 Å². The maximum atomic E-state index is 13.0. The van der Waals surface area contributed by atoms with Gasteiger partial charge in [-0.05, 0) is 60.2 Å². The lowest BCUT2D eigenvalue weighted by Crippen LogP contribution is -2.17. The summed E-state index contributed by atoms with van der Waals surface area (Å²) in [6, 6.07) is 30.9. The second kappa shape index (κ2) is 12.5. The molecule has 0 saturated heterocycles. The Morgan fingerprint density at radius 3 is 2.21 bits per heavy atom. The number of amides is 1. The van der Waals surface area contributed by atoms with Gasteiger partial charge in [0.15, 0.2) is 5.82 Å². The molecule has 0 aliphatic rings. The third kappa shape index (κ3) is 7.22. The molecule has 1 heterocycles. The quantitative estimate of drug-likeness (QED) is 0.0990. The molecule has 214 valence electrons. The van der Waals surface area contributed by atoms with E-state index in [1.54, 1.807) is 24.3 Å². The smallest absolute Gasteiger partial charge is 0.406 e. The van der Waals surface area contributed by atoms with Crippen LogP contribution < -0.4 is 15.4 Å². The molecule has 12 heteroatoms. The number of alkyl halides is 3. The first-order chi connectivity index (χ1) is 20.7. The summed E-state index contributed by atoms with van der Waals surface area (Å²) in [6.07, 6.45) is -3.35. The van der Waals surface area contributed by atoms with Crippen molar-refractivity contribution in [2.24, 2.45) is 0 Å². The van der Waals surface area contributed by atoms with Crippen molar-refractivity contribution in [2.75, 3.05) is 10.6 Å². The molecule has 0 fully saturated rings. The summed E-state index contributed by atoms with van der Waals surface area (Å²) in [5.74, 6) is -0.642. The molecule has 0 radical (unpaired) electrons. The first-order valence-electron chi connectivity index (χ1n) is 12.6. The number of carbonyl (C=O) groups excluding carboxylic acids is 1. The Morgan fingerprint density at radius 2 is 1.53 bits per heavy atom. The van der Waals surface area contributed by atoms with Crippen LogP contribution in [0.15, 0.2) is 120 Å². The Balaban J connectivity index is 1.27. The van der Waals surface area contributed by atoms with Crippen molar-refractivity contribution in [2.45, 2.75) is 6.36 Å². The summed E-state index contributed by atoms with van der Waals surface area (Å²) in [5, 5.41) is 19.9. The molecule has 0 atom stereocenters. The highest BCUT2D eigenvalue weighted by molar-refractivity contribution is 7.84. The Labute approximate surface area is 249 Å². The van der Waals surface area contributed by atoms with E-state index in [1.165, 1.54) is 35.3 Å². The number of anilines is 2. The fourth-order valence-electron chi connectivity index (χ4n) is 4.08. The zero-order valence-electron chi connectivity index (χ0n) is 22.1. The molecule has 5 aromatic rings. The van der Waals surface area contributed by atoms with E-state index in [0.717, 1.165) is 11.1 Å². The molecule has 8 nitrogen and oxygen atoms in total. The zero-order chi connectivity index (χ0) is 30.4. The third-order valence-electron chi connectivity index (χ3n) is 6.07. The van der Waals surface area contributed by atoms with Crippen LogP contribution in [0.5, 0.6) is 5.75 Å². The molecule has 4 aromatic carbocycles. The molecule has 0 saturated carbocycles. The topological polar surface area (TPSA) is 105 Å². The summed E-state index contributed by atoms with van der Waals surface area (Å²) in [5.41, 5.74) is 3.85. The number of hydrogen-bond acceptors (Lipinski definition) is 7. The second-order valence-electron chi connectivity index (χ2n) is 8.96. The SMILES string of the molecule is N#C/C(C(=O)Nc1ccc(-c2ncn(-c3ccc(OC(F)(F)F)cc3)n2)cc1)=C(/S)Nc1ccccc1-c1ccccc1. The van der Waals surface area contributed by atoms with Crippen LogP contribution in [0.1, 0.15) is 0 Å². The van der Waals surface area contributed by atoms with Crippen LogP contribution in [0, 0.1) is 11.3 Å². The molecule has 0 bridgehead atoms. The molecule has 0 aliphatic carbocycles. The second-order valence-corrected chi connectivity index (χ2v) is 9.41. The van der Waals surface area contributed by atoms with Gasteiger partial charge < -0.3 is 15.4 Å². The van der Waals surface area contributed by atoms with Gasteiger partial charge in [0, 0.05) is 22.5 Å². The number of carbonyl (C=O) groups is 1. The lowest BCUT2D eigenvalue weighted by molar-refractivity contribution is -0.274. The fraction of sp³-hybridized carbons (Fsp3) is 0.0323. The molecule has 43 heavy (non-hydrogen) atoms. The highest BCUT2D eigenvalue weighted by Crippen LogP contribution is 2.30. The lowest BCUT2D eigenvalue weighted by atomic mass is 10.0. The molecular weight excluding hydrogens is 577 g/mol. The Morgan fingerprint density at radius 1 is 0.860 bits per heavy atom. The van der Waals surface area contributed by atoms with Crippen LogP contribution in [0.2, 0.25) is 0 Å². The Bertz CT molecular complexity index is 1810.